The maximum Gasteiger partial charge on any atom is 0.222 e. The van der Waals surface area contributed by atoms with Crippen molar-refractivity contribution in [3.8, 4) is 5.75 Å². The molecule has 0 spiro atoms. The van der Waals surface area contributed by atoms with Gasteiger partial charge in [0.2, 0.25) is 5.91 Å². The van der Waals surface area contributed by atoms with Crippen molar-refractivity contribution in [2.45, 2.75) is 52.0 Å². The lowest BCUT2D eigenvalue weighted by atomic mass is 9.86. The number of fused-ring (bicyclic) bond motifs is 1. The zero-order valence-corrected chi connectivity index (χ0v) is 12.8. The highest BCUT2D eigenvalue weighted by Crippen LogP contribution is 2.31. The minimum absolute atomic E-state index is 0.273. The minimum atomic E-state index is 0.273. The van der Waals surface area contributed by atoms with Crippen LogP contribution in [0.1, 0.15) is 44.2 Å². The molecule has 110 valence electrons. The molecule has 2 rings (SSSR count). The van der Waals surface area contributed by atoms with E-state index in [0.29, 0.717) is 12.5 Å². The fraction of sp³-hybridized carbons (Fsp3) is 0.588. The van der Waals surface area contributed by atoms with Gasteiger partial charge in [-0.2, -0.15) is 0 Å². The lowest BCUT2D eigenvalue weighted by Gasteiger charge is -2.35. The predicted molar refractivity (Wildman–Crippen MR) is 81.1 cm³/mol. The van der Waals surface area contributed by atoms with E-state index in [2.05, 4.69) is 24.0 Å². The van der Waals surface area contributed by atoms with Gasteiger partial charge in [-0.1, -0.05) is 26.0 Å². The zero-order valence-electron chi connectivity index (χ0n) is 12.8. The first-order valence-corrected chi connectivity index (χ1v) is 7.65. The standard InChI is InChI=1S/C17H25NO2/c1-4-11-18(17(19)5-2)14-10-9-13-7-6-8-16(20-3)15(13)12-14/h6-8,14H,4-5,9-12H2,1-3H3. The number of hydrogen-bond acceptors (Lipinski definition) is 2. The average molecular weight is 275 g/mol. The van der Waals surface area contributed by atoms with Crippen molar-refractivity contribution in [3.63, 3.8) is 0 Å². The molecule has 0 saturated carbocycles. The molecule has 0 heterocycles. The fourth-order valence-corrected chi connectivity index (χ4v) is 3.15. The molecule has 1 aromatic rings. The molecular formula is C17H25NO2. The molecule has 0 aromatic heterocycles. The van der Waals surface area contributed by atoms with Gasteiger partial charge < -0.3 is 9.64 Å². The number of carbonyl (C=O) groups excluding carboxylic acids is 1. The summed E-state index contributed by atoms with van der Waals surface area (Å²) in [5, 5.41) is 0. The van der Waals surface area contributed by atoms with Crippen LogP contribution in [0.15, 0.2) is 18.2 Å². The number of methoxy groups -OCH3 is 1. The van der Waals surface area contributed by atoms with Gasteiger partial charge in [0.25, 0.3) is 0 Å². The van der Waals surface area contributed by atoms with E-state index >= 15 is 0 Å². The largest absolute Gasteiger partial charge is 0.496 e. The van der Waals surface area contributed by atoms with Crippen LogP contribution in [-0.4, -0.2) is 30.5 Å². The van der Waals surface area contributed by atoms with Crippen LogP contribution in [0.2, 0.25) is 0 Å². The van der Waals surface area contributed by atoms with Crippen LogP contribution in [0.3, 0.4) is 0 Å². The molecule has 3 heteroatoms. The summed E-state index contributed by atoms with van der Waals surface area (Å²) >= 11 is 0. The Labute approximate surface area is 121 Å². The van der Waals surface area contributed by atoms with E-state index in [9.17, 15) is 4.79 Å². The monoisotopic (exact) mass is 275 g/mol. The predicted octanol–water partition coefficient (Wildman–Crippen LogP) is 3.20. The summed E-state index contributed by atoms with van der Waals surface area (Å²) in [6.07, 6.45) is 4.63. The first-order chi connectivity index (χ1) is 9.71. The van der Waals surface area contributed by atoms with Crippen molar-refractivity contribution in [3.05, 3.63) is 29.3 Å². The normalized spacial score (nSPS) is 17.4. The highest BCUT2D eigenvalue weighted by Gasteiger charge is 2.27. The van der Waals surface area contributed by atoms with Gasteiger partial charge in [-0.3, -0.25) is 4.79 Å². The summed E-state index contributed by atoms with van der Waals surface area (Å²) in [6.45, 7) is 4.94. The number of aryl methyl sites for hydroxylation is 1. The average Bonchev–Trinajstić information content (AvgIpc) is 2.50. The van der Waals surface area contributed by atoms with Gasteiger partial charge in [-0.05, 0) is 42.9 Å². The Bertz CT molecular complexity index is 456. The number of ether oxygens (including phenoxy) is 1. The van der Waals surface area contributed by atoms with Crippen molar-refractivity contribution < 1.29 is 9.53 Å². The molecule has 0 fully saturated rings. The molecule has 0 bridgehead atoms. The van der Waals surface area contributed by atoms with Crippen molar-refractivity contribution in [2.24, 2.45) is 0 Å². The molecule has 20 heavy (non-hydrogen) atoms. The molecule has 1 aliphatic carbocycles. The van der Waals surface area contributed by atoms with Crippen LogP contribution >= 0.6 is 0 Å². The first kappa shape index (κ1) is 14.9. The van der Waals surface area contributed by atoms with Gasteiger partial charge in [0.05, 0.1) is 7.11 Å². The summed E-state index contributed by atoms with van der Waals surface area (Å²) in [7, 11) is 1.72. The van der Waals surface area contributed by atoms with E-state index in [4.69, 9.17) is 4.74 Å². The van der Waals surface area contributed by atoms with Crippen LogP contribution in [0.5, 0.6) is 5.75 Å². The third kappa shape index (κ3) is 2.97. The number of hydrogen-bond donors (Lipinski definition) is 0. The SMILES string of the molecule is CCCN(C(=O)CC)C1CCc2cccc(OC)c2C1. The summed E-state index contributed by atoms with van der Waals surface area (Å²) in [6, 6.07) is 6.58. The molecule has 1 aliphatic rings. The number of rotatable bonds is 5. The molecular weight excluding hydrogens is 250 g/mol. The minimum Gasteiger partial charge on any atom is -0.496 e. The Balaban J connectivity index is 2.22. The van der Waals surface area contributed by atoms with Gasteiger partial charge in [-0.25, -0.2) is 0 Å². The van der Waals surface area contributed by atoms with Gasteiger partial charge >= 0.3 is 0 Å². The van der Waals surface area contributed by atoms with Crippen molar-refractivity contribution in [1.29, 1.82) is 0 Å². The van der Waals surface area contributed by atoms with Crippen LogP contribution in [0.25, 0.3) is 0 Å². The van der Waals surface area contributed by atoms with Crippen molar-refractivity contribution in [1.82, 2.24) is 4.90 Å². The summed E-state index contributed by atoms with van der Waals surface area (Å²) in [5.74, 6) is 1.24. The molecule has 3 nitrogen and oxygen atoms in total. The van der Waals surface area contributed by atoms with Gasteiger partial charge in [0.15, 0.2) is 0 Å². The van der Waals surface area contributed by atoms with Gasteiger partial charge in [0, 0.05) is 19.0 Å². The topological polar surface area (TPSA) is 29.5 Å². The molecule has 1 amide bonds. The number of nitrogens with zero attached hydrogens (tertiary/aromatic N) is 1. The quantitative estimate of drug-likeness (QED) is 0.826. The smallest absolute Gasteiger partial charge is 0.222 e. The second-order valence-electron chi connectivity index (χ2n) is 5.44. The molecule has 0 aliphatic heterocycles. The second-order valence-corrected chi connectivity index (χ2v) is 5.44. The lowest BCUT2D eigenvalue weighted by Crippen LogP contribution is -2.43. The van der Waals surface area contributed by atoms with Crippen LogP contribution in [0, 0.1) is 0 Å². The van der Waals surface area contributed by atoms with E-state index in [0.717, 1.165) is 38.0 Å². The Kier molecular flexibility index (Phi) is 5.05. The number of carbonyl (C=O) groups is 1. The molecule has 1 unspecified atom stereocenters. The highest BCUT2D eigenvalue weighted by atomic mass is 16.5. The lowest BCUT2D eigenvalue weighted by molar-refractivity contribution is -0.133. The van der Waals surface area contributed by atoms with Gasteiger partial charge in [-0.15, -0.1) is 0 Å². The number of benzene rings is 1. The highest BCUT2D eigenvalue weighted by molar-refractivity contribution is 5.76. The zero-order chi connectivity index (χ0) is 14.5. The van der Waals surface area contributed by atoms with Crippen LogP contribution < -0.4 is 4.74 Å². The Morgan fingerprint density at radius 3 is 2.85 bits per heavy atom. The van der Waals surface area contributed by atoms with Crippen molar-refractivity contribution >= 4 is 5.91 Å². The second kappa shape index (κ2) is 6.78. The fourth-order valence-electron chi connectivity index (χ4n) is 3.15. The maximum absolute atomic E-state index is 12.2. The van der Waals surface area contributed by atoms with E-state index in [1.165, 1.54) is 11.1 Å². The third-order valence-electron chi connectivity index (χ3n) is 4.16. The van der Waals surface area contributed by atoms with Crippen molar-refractivity contribution in [2.75, 3.05) is 13.7 Å². The van der Waals surface area contributed by atoms with E-state index in [-0.39, 0.29) is 5.91 Å². The molecule has 0 saturated heterocycles. The van der Waals surface area contributed by atoms with Gasteiger partial charge in [0.1, 0.15) is 5.75 Å². The van der Waals surface area contributed by atoms with E-state index in [1.807, 2.05) is 13.0 Å². The van der Waals surface area contributed by atoms with E-state index in [1.54, 1.807) is 7.11 Å². The number of amides is 1. The van der Waals surface area contributed by atoms with Crippen LogP contribution in [-0.2, 0) is 17.6 Å². The van der Waals surface area contributed by atoms with Crippen LogP contribution in [0.4, 0.5) is 0 Å². The Hall–Kier alpha value is -1.51. The van der Waals surface area contributed by atoms with E-state index < -0.39 is 0 Å². The molecule has 1 aromatic carbocycles. The summed E-state index contributed by atoms with van der Waals surface area (Å²) in [4.78, 5) is 14.2. The Morgan fingerprint density at radius 2 is 2.20 bits per heavy atom. The maximum atomic E-state index is 12.2. The molecule has 0 N–H and O–H groups in total. The first-order valence-electron chi connectivity index (χ1n) is 7.65. The summed E-state index contributed by atoms with van der Waals surface area (Å²) in [5.41, 5.74) is 2.66. The molecule has 0 radical (unpaired) electrons. The molecule has 1 atom stereocenters. The third-order valence-corrected chi connectivity index (χ3v) is 4.16. The summed E-state index contributed by atoms with van der Waals surface area (Å²) < 4.78 is 5.48. The Morgan fingerprint density at radius 1 is 1.40 bits per heavy atom.